The lowest BCUT2D eigenvalue weighted by Gasteiger charge is -2.17. The standard InChI is InChI=1S/C15H20O3S/c1-15(2,3)19-10-11-5-7-13(18-4)12(9-11)6-8-14(16)17/h5-9H,10H2,1-4H3,(H,16,17). The van der Waals surface area contributed by atoms with Gasteiger partial charge in [-0.3, -0.25) is 0 Å². The first-order chi connectivity index (χ1) is 8.81. The van der Waals surface area contributed by atoms with Gasteiger partial charge in [0.15, 0.2) is 0 Å². The smallest absolute Gasteiger partial charge is 0.328 e. The normalized spacial score (nSPS) is 11.8. The zero-order chi connectivity index (χ0) is 14.5. The predicted molar refractivity (Wildman–Crippen MR) is 80.7 cm³/mol. The van der Waals surface area contributed by atoms with Crippen LogP contribution in [-0.4, -0.2) is 22.9 Å². The predicted octanol–water partition coefficient (Wildman–Crippen LogP) is 3.82. The molecule has 0 bridgehead atoms. The van der Waals surface area contributed by atoms with E-state index < -0.39 is 5.97 Å². The molecule has 0 unspecified atom stereocenters. The van der Waals surface area contributed by atoms with E-state index in [-0.39, 0.29) is 4.75 Å². The van der Waals surface area contributed by atoms with Gasteiger partial charge in [0.05, 0.1) is 7.11 Å². The van der Waals surface area contributed by atoms with Crippen LogP contribution < -0.4 is 4.74 Å². The van der Waals surface area contributed by atoms with E-state index in [0.29, 0.717) is 5.75 Å². The van der Waals surface area contributed by atoms with Gasteiger partial charge in [-0.15, -0.1) is 0 Å². The summed E-state index contributed by atoms with van der Waals surface area (Å²) in [6.07, 6.45) is 2.69. The molecule has 0 atom stereocenters. The van der Waals surface area contributed by atoms with Crippen molar-refractivity contribution in [1.29, 1.82) is 0 Å². The van der Waals surface area contributed by atoms with Crippen molar-refractivity contribution in [3.8, 4) is 5.75 Å². The molecule has 0 spiro atoms. The number of carboxylic acids is 1. The van der Waals surface area contributed by atoms with Crippen LogP contribution >= 0.6 is 11.8 Å². The molecule has 0 radical (unpaired) electrons. The highest BCUT2D eigenvalue weighted by Crippen LogP contribution is 2.29. The minimum absolute atomic E-state index is 0.205. The summed E-state index contributed by atoms with van der Waals surface area (Å²) in [5.74, 6) is 0.611. The molecule has 3 nitrogen and oxygen atoms in total. The number of rotatable bonds is 5. The van der Waals surface area contributed by atoms with Crippen LogP contribution in [0.15, 0.2) is 24.3 Å². The van der Waals surface area contributed by atoms with Crippen molar-refractivity contribution in [2.45, 2.75) is 31.3 Å². The molecule has 1 N–H and O–H groups in total. The molecule has 19 heavy (non-hydrogen) atoms. The van der Waals surface area contributed by atoms with E-state index >= 15 is 0 Å². The van der Waals surface area contributed by atoms with Crippen LogP contribution in [0.25, 0.3) is 6.08 Å². The molecule has 0 aliphatic rings. The average molecular weight is 280 g/mol. The SMILES string of the molecule is COc1ccc(CSC(C)(C)C)cc1C=CC(=O)O. The third-order valence-electron chi connectivity index (χ3n) is 2.37. The molecule has 0 amide bonds. The zero-order valence-electron chi connectivity index (χ0n) is 11.8. The van der Waals surface area contributed by atoms with Crippen LogP contribution in [0.5, 0.6) is 5.75 Å². The summed E-state index contributed by atoms with van der Waals surface area (Å²) >= 11 is 1.85. The zero-order valence-corrected chi connectivity index (χ0v) is 12.6. The molecule has 0 aliphatic heterocycles. The largest absolute Gasteiger partial charge is 0.496 e. The average Bonchev–Trinajstić information content (AvgIpc) is 2.33. The number of aliphatic carboxylic acids is 1. The number of methoxy groups -OCH3 is 1. The Morgan fingerprint density at radius 2 is 2.11 bits per heavy atom. The molecular weight excluding hydrogens is 260 g/mol. The molecule has 104 valence electrons. The summed E-state index contributed by atoms with van der Waals surface area (Å²) in [4.78, 5) is 10.6. The van der Waals surface area contributed by atoms with E-state index in [4.69, 9.17) is 9.84 Å². The molecule has 4 heteroatoms. The Labute approximate surface area is 118 Å². The van der Waals surface area contributed by atoms with Gasteiger partial charge < -0.3 is 9.84 Å². The minimum Gasteiger partial charge on any atom is -0.496 e. The highest BCUT2D eigenvalue weighted by Gasteiger charge is 2.11. The van der Waals surface area contributed by atoms with Crippen molar-refractivity contribution in [2.75, 3.05) is 7.11 Å². The van der Waals surface area contributed by atoms with Crippen LogP contribution in [0.3, 0.4) is 0 Å². The second-order valence-electron chi connectivity index (χ2n) is 5.15. The van der Waals surface area contributed by atoms with Crippen LogP contribution in [0, 0.1) is 0 Å². The number of benzene rings is 1. The fourth-order valence-corrected chi connectivity index (χ4v) is 2.24. The number of carboxylic acid groups (broad SMARTS) is 1. The Kier molecular flexibility index (Phi) is 5.48. The van der Waals surface area contributed by atoms with Gasteiger partial charge in [-0.05, 0) is 23.8 Å². The maximum atomic E-state index is 10.6. The summed E-state index contributed by atoms with van der Waals surface area (Å²) in [6.45, 7) is 6.52. The lowest BCUT2D eigenvalue weighted by molar-refractivity contribution is -0.131. The molecule has 0 fully saturated rings. The Balaban J connectivity index is 2.91. The number of ether oxygens (including phenoxy) is 1. The van der Waals surface area contributed by atoms with Crippen molar-refractivity contribution in [2.24, 2.45) is 0 Å². The topological polar surface area (TPSA) is 46.5 Å². The Morgan fingerprint density at radius 3 is 2.63 bits per heavy atom. The molecule has 0 aromatic heterocycles. The molecule has 0 saturated carbocycles. The third-order valence-corrected chi connectivity index (χ3v) is 3.72. The Morgan fingerprint density at radius 1 is 1.42 bits per heavy atom. The number of carbonyl (C=O) groups is 1. The summed E-state index contributed by atoms with van der Waals surface area (Å²) in [5, 5.41) is 8.69. The van der Waals surface area contributed by atoms with Crippen molar-refractivity contribution in [3.63, 3.8) is 0 Å². The van der Waals surface area contributed by atoms with Gasteiger partial charge in [-0.25, -0.2) is 4.79 Å². The maximum absolute atomic E-state index is 10.6. The van der Waals surface area contributed by atoms with Crippen LogP contribution in [-0.2, 0) is 10.5 Å². The van der Waals surface area contributed by atoms with Crippen molar-refractivity contribution >= 4 is 23.8 Å². The van der Waals surface area contributed by atoms with E-state index in [2.05, 4.69) is 20.8 Å². The van der Waals surface area contributed by atoms with Gasteiger partial charge in [-0.2, -0.15) is 11.8 Å². The van der Waals surface area contributed by atoms with Crippen LogP contribution in [0.1, 0.15) is 31.9 Å². The Bertz CT molecular complexity index is 473. The van der Waals surface area contributed by atoms with Crippen molar-refractivity contribution in [3.05, 3.63) is 35.4 Å². The van der Waals surface area contributed by atoms with E-state index in [1.165, 1.54) is 0 Å². The summed E-state index contributed by atoms with van der Waals surface area (Å²) in [7, 11) is 1.58. The third kappa shape index (κ3) is 5.83. The lowest BCUT2D eigenvalue weighted by atomic mass is 10.1. The highest BCUT2D eigenvalue weighted by molar-refractivity contribution is 7.99. The monoisotopic (exact) mass is 280 g/mol. The summed E-state index contributed by atoms with van der Waals surface area (Å²) in [6, 6.07) is 5.85. The number of hydrogen-bond donors (Lipinski definition) is 1. The molecule has 0 heterocycles. The first-order valence-electron chi connectivity index (χ1n) is 6.04. The second-order valence-corrected chi connectivity index (χ2v) is 6.95. The molecule has 1 aromatic rings. The molecular formula is C15H20O3S. The van der Waals surface area contributed by atoms with Gasteiger partial charge in [0.2, 0.25) is 0 Å². The first-order valence-corrected chi connectivity index (χ1v) is 7.02. The maximum Gasteiger partial charge on any atom is 0.328 e. The van der Waals surface area contributed by atoms with Crippen molar-refractivity contribution < 1.29 is 14.6 Å². The number of hydrogen-bond acceptors (Lipinski definition) is 3. The first kappa shape index (κ1) is 15.6. The summed E-state index contributed by atoms with van der Waals surface area (Å²) < 4.78 is 5.43. The van der Waals surface area contributed by atoms with E-state index in [1.807, 2.05) is 30.0 Å². The van der Waals surface area contributed by atoms with Gasteiger partial charge in [0.1, 0.15) is 5.75 Å². The summed E-state index contributed by atoms with van der Waals surface area (Å²) in [5.41, 5.74) is 1.95. The lowest BCUT2D eigenvalue weighted by Crippen LogP contribution is -2.07. The molecule has 0 aliphatic carbocycles. The quantitative estimate of drug-likeness (QED) is 0.833. The van der Waals surface area contributed by atoms with Crippen LogP contribution in [0.2, 0.25) is 0 Å². The van der Waals surface area contributed by atoms with Gasteiger partial charge >= 0.3 is 5.97 Å². The molecule has 1 rings (SSSR count). The van der Waals surface area contributed by atoms with E-state index in [1.54, 1.807) is 13.2 Å². The van der Waals surface area contributed by atoms with Crippen LogP contribution in [0.4, 0.5) is 0 Å². The highest BCUT2D eigenvalue weighted by atomic mass is 32.2. The van der Waals surface area contributed by atoms with Gasteiger partial charge in [0, 0.05) is 22.1 Å². The fourth-order valence-electron chi connectivity index (χ4n) is 1.46. The van der Waals surface area contributed by atoms with Gasteiger partial charge in [0.25, 0.3) is 0 Å². The van der Waals surface area contributed by atoms with Crippen molar-refractivity contribution in [1.82, 2.24) is 0 Å². The molecule has 1 aromatic carbocycles. The minimum atomic E-state index is -0.962. The molecule has 0 saturated heterocycles. The van der Waals surface area contributed by atoms with Gasteiger partial charge in [-0.1, -0.05) is 26.8 Å². The fraction of sp³-hybridized carbons (Fsp3) is 0.400. The number of thioether (sulfide) groups is 1. The Hall–Kier alpha value is -1.42. The van der Waals surface area contributed by atoms with E-state index in [9.17, 15) is 4.79 Å². The second kappa shape index (κ2) is 6.66. The van der Waals surface area contributed by atoms with E-state index in [0.717, 1.165) is 23.0 Å².